The third kappa shape index (κ3) is 6.23. The summed E-state index contributed by atoms with van der Waals surface area (Å²) in [5.41, 5.74) is 0.676. The number of benzene rings is 1. The largest absolute Gasteiger partial charge is 0.490 e. The van der Waals surface area contributed by atoms with Crippen molar-refractivity contribution in [1.82, 2.24) is 0 Å². The number of carboxylic acid groups (broad SMARTS) is 2. The number of rotatable bonds is 3. The van der Waals surface area contributed by atoms with Crippen molar-refractivity contribution in [2.75, 3.05) is 18.0 Å². The van der Waals surface area contributed by atoms with Gasteiger partial charge in [-0.1, -0.05) is 6.07 Å². The maximum Gasteiger partial charge on any atom is 0.490 e. The number of hydrogen-bond acceptors (Lipinski definition) is 4. The number of carboxylic acids is 2. The Morgan fingerprint density at radius 3 is 2.19 bits per heavy atom. The van der Waals surface area contributed by atoms with Gasteiger partial charge in [-0.2, -0.15) is 18.4 Å². The van der Waals surface area contributed by atoms with Gasteiger partial charge in [0.25, 0.3) is 0 Å². The fourth-order valence-corrected chi connectivity index (χ4v) is 2.51. The molecule has 6 nitrogen and oxygen atoms in total. The normalized spacial score (nSPS) is 14.8. The van der Waals surface area contributed by atoms with E-state index >= 15 is 0 Å². The van der Waals surface area contributed by atoms with Gasteiger partial charge in [0.15, 0.2) is 0 Å². The number of nitriles is 1. The van der Waals surface area contributed by atoms with Crippen LogP contribution in [0.25, 0.3) is 0 Å². The lowest BCUT2D eigenvalue weighted by molar-refractivity contribution is -0.192. The number of nitrogens with zero attached hydrogens (tertiary/aromatic N) is 2. The first-order valence-electron chi connectivity index (χ1n) is 7.51. The molecule has 0 unspecified atom stereocenters. The molecular weight excluding hydrogens is 360 g/mol. The van der Waals surface area contributed by atoms with E-state index in [2.05, 4.69) is 0 Å². The zero-order valence-corrected chi connectivity index (χ0v) is 13.5. The first-order valence-corrected chi connectivity index (χ1v) is 7.51. The molecule has 1 aromatic rings. The summed E-state index contributed by atoms with van der Waals surface area (Å²) >= 11 is 0. The average Bonchev–Trinajstić information content (AvgIpc) is 2.54. The molecule has 1 aromatic carbocycles. The summed E-state index contributed by atoms with van der Waals surface area (Å²) in [6, 6.07) is 6.50. The second-order valence-corrected chi connectivity index (χ2v) is 5.58. The van der Waals surface area contributed by atoms with Crippen LogP contribution in [0.3, 0.4) is 0 Å². The van der Waals surface area contributed by atoms with Gasteiger partial charge in [0.05, 0.1) is 5.69 Å². The smallest absolute Gasteiger partial charge is 0.481 e. The van der Waals surface area contributed by atoms with Gasteiger partial charge in [-0.3, -0.25) is 4.79 Å². The molecule has 1 saturated heterocycles. The molecule has 0 aromatic heterocycles. The van der Waals surface area contributed by atoms with E-state index in [1.165, 1.54) is 6.07 Å². The molecule has 0 bridgehead atoms. The summed E-state index contributed by atoms with van der Waals surface area (Å²) in [5, 5.41) is 24.9. The van der Waals surface area contributed by atoms with Crippen molar-refractivity contribution in [3.63, 3.8) is 0 Å². The molecule has 0 aliphatic carbocycles. The SMILES string of the molecule is N#Cc1c(F)cccc1N1CCC(CC(=O)O)CC1.O=C(O)C(F)(F)F. The highest BCUT2D eigenvalue weighted by Crippen LogP contribution is 2.28. The molecular formula is C16H16F4N2O4. The van der Waals surface area contributed by atoms with Crippen LogP contribution in [0.2, 0.25) is 0 Å². The minimum Gasteiger partial charge on any atom is -0.481 e. The van der Waals surface area contributed by atoms with Crippen molar-refractivity contribution in [1.29, 1.82) is 5.26 Å². The van der Waals surface area contributed by atoms with Gasteiger partial charge in [0.2, 0.25) is 0 Å². The maximum absolute atomic E-state index is 13.5. The van der Waals surface area contributed by atoms with E-state index in [9.17, 15) is 22.4 Å². The summed E-state index contributed by atoms with van der Waals surface area (Å²) < 4.78 is 45.3. The zero-order chi connectivity index (χ0) is 19.9. The van der Waals surface area contributed by atoms with Gasteiger partial charge < -0.3 is 15.1 Å². The maximum atomic E-state index is 13.5. The highest BCUT2D eigenvalue weighted by molar-refractivity contribution is 5.73. The number of hydrogen-bond donors (Lipinski definition) is 2. The Morgan fingerprint density at radius 2 is 1.77 bits per heavy atom. The van der Waals surface area contributed by atoms with Crippen LogP contribution >= 0.6 is 0 Å². The first kappa shape index (κ1) is 21.2. The monoisotopic (exact) mass is 376 g/mol. The van der Waals surface area contributed by atoms with Crippen LogP contribution in [0.5, 0.6) is 0 Å². The van der Waals surface area contributed by atoms with Crippen LogP contribution in [0.1, 0.15) is 24.8 Å². The molecule has 0 spiro atoms. The van der Waals surface area contributed by atoms with E-state index in [4.69, 9.17) is 20.3 Å². The fraction of sp³-hybridized carbons (Fsp3) is 0.438. The molecule has 2 N–H and O–H groups in total. The summed E-state index contributed by atoms with van der Waals surface area (Å²) in [7, 11) is 0. The second-order valence-electron chi connectivity index (χ2n) is 5.58. The molecule has 0 saturated carbocycles. The molecule has 0 radical (unpaired) electrons. The Morgan fingerprint density at radius 1 is 1.23 bits per heavy atom. The van der Waals surface area contributed by atoms with Crippen molar-refractivity contribution in [2.24, 2.45) is 5.92 Å². The number of carbonyl (C=O) groups is 2. The predicted molar refractivity (Wildman–Crippen MR) is 82.0 cm³/mol. The van der Waals surface area contributed by atoms with Gasteiger partial charge in [0.1, 0.15) is 17.4 Å². The van der Waals surface area contributed by atoms with E-state index < -0.39 is 23.9 Å². The van der Waals surface area contributed by atoms with Crippen LogP contribution in [0, 0.1) is 23.1 Å². The molecule has 1 aliphatic heterocycles. The van der Waals surface area contributed by atoms with Gasteiger partial charge in [-0.25, -0.2) is 9.18 Å². The molecule has 0 atom stereocenters. The third-order valence-electron chi connectivity index (χ3n) is 3.76. The number of aliphatic carboxylic acids is 2. The van der Waals surface area contributed by atoms with Gasteiger partial charge in [-0.15, -0.1) is 0 Å². The van der Waals surface area contributed by atoms with Crippen LogP contribution in [-0.2, 0) is 9.59 Å². The molecule has 26 heavy (non-hydrogen) atoms. The first-order chi connectivity index (χ1) is 12.1. The van der Waals surface area contributed by atoms with Crippen molar-refractivity contribution in [3.05, 3.63) is 29.6 Å². The molecule has 1 heterocycles. The molecule has 10 heteroatoms. The predicted octanol–water partition coefficient (Wildman–Crippen LogP) is 3.02. The Kier molecular flexibility index (Phi) is 7.37. The topological polar surface area (TPSA) is 102 Å². The Balaban J connectivity index is 0.000000412. The minimum atomic E-state index is -5.08. The summed E-state index contributed by atoms with van der Waals surface area (Å²) in [5.74, 6) is -3.87. The van der Waals surface area contributed by atoms with Crippen LogP contribution in [-0.4, -0.2) is 41.4 Å². The van der Waals surface area contributed by atoms with Crippen molar-refractivity contribution >= 4 is 17.6 Å². The number of halogens is 4. The van der Waals surface area contributed by atoms with Crippen LogP contribution in [0.15, 0.2) is 18.2 Å². The molecule has 1 aliphatic rings. The second kappa shape index (κ2) is 9.03. The number of alkyl halides is 3. The Bertz CT molecular complexity index is 692. The Hall–Kier alpha value is -2.83. The van der Waals surface area contributed by atoms with E-state index in [1.807, 2.05) is 11.0 Å². The lowest BCUT2D eigenvalue weighted by Gasteiger charge is -2.33. The highest BCUT2D eigenvalue weighted by atomic mass is 19.4. The number of piperidine rings is 1. The van der Waals surface area contributed by atoms with Crippen molar-refractivity contribution in [2.45, 2.75) is 25.4 Å². The molecule has 2 rings (SSSR count). The summed E-state index contributed by atoms with van der Waals surface area (Å²) in [6.07, 6.45) is -3.39. The average molecular weight is 376 g/mol. The zero-order valence-electron chi connectivity index (χ0n) is 13.5. The van der Waals surface area contributed by atoms with E-state index in [1.54, 1.807) is 12.1 Å². The quantitative estimate of drug-likeness (QED) is 0.787. The lowest BCUT2D eigenvalue weighted by Crippen LogP contribution is -2.34. The fourth-order valence-electron chi connectivity index (χ4n) is 2.51. The lowest BCUT2D eigenvalue weighted by atomic mass is 9.93. The summed E-state index contributed by atoms with van der Waals surface area (Å²) in [4.78, 5) is 21.5. The standard InChI is InChI=1S/C14H15FN2O2.C2HF3O2/c15-12-2-1-3-13(11(12)9-16)17-6-4-10(5-7-17)8-14(18)19;3-2(4,5)1(6)7/h1-3,10H,4-8H2,(H,18,19);(H,6,7). The van der Waals surface area contributed by atoms with Gasteiger partial charge in [-0.05, 0) is 30.9 Å². The molecule has 1 fully saturated rings. The van der Waals surface area contributed by atoms with Crippen LogP contribution < -0.4 is 4.90 Å². The molecule has 142 valence electrons. The molecule has 0 amide bonds. The van der Waals surface area contributed by atoms with Crippen LogP contribution in [0.4, 0.5) is 23.2 Å². The van der Waals surface area contributed by atoms with Crippen molar-refractivity contribution in [3.8, 4) is 6.07 Å². The minimum absolute atomic E-state index is 0.0687. The highest BCUT2D eigenvalue weighted by Gasteiger charge is 2.38. The van der Waals surface area contributed by atoms with Gasteiger partial charge >= 0.3 is 18.1 Å². The third-order valence-corrected chi connectivity index (χ3v) is 3.76. The number of anilines is 1. The van der Waals surface area contributed by atoms with Crippen molar-refractivity contribution < 1.29 is 37.4 Å². The van der Waals surface area contributed by atoms with E-state index in [0.717, 1.165) is 12.8 Å². The Labute approximate surface area is 146 Å². The summed E-state index contributed by atoms with van der Waals surface area (Å²) in [6.45, 7) is 1.33. The van der Waals surface area contributed by atoms with E-state index in [-0.39, 0.29) is 17.9 Å². The van der Waals surface area contributed by atoms with E-state index in [0.29, 0.717) is 18.8 Å². The van der Waals surface area contributed by atoms with Gasteiger partial charge in [0, 0.05) is 19.5 Å².